The van der Waals surface area contributed by atoms with E-state index in [2.05, 4.69) is 17.6 Å². The lowest BCUT2D eigenvalue weighted by molar-refractivity contribution is 0.163. The van der Waals surface area contributed by atoms with Crippen molar-refractivity contribution in [1.82, 2.24) is 10.6 Å². The fourth-order valence-corrected chi connectivity index (χ4v) is 4.11. The molecule has 1 aliphatic heterocycles. The first-order valence-corrected chi connectivity index (χ1v) is 7.80. The number of rotatable bonds is 3. The molecule has 3 fully saturated rings. The maximum atomic E-state index is 3.91. The van der Waals surface area contributed by atoms with E-state index in [1.54, 1.807) is 0 Å². The summed E-state index contributed by atoms with van der Waals surface area (Å²) in [5, 5.41) is 7.66. The summed E-state index contributed by atoms with van der Waals surface area (Å²) in [7, 11) is 0. The molecule has 0 aromatic rings. The molecule has 1 saturated heterocycles. The number of hydrogen-bond acceptors (Lipinski definition) is 2. The molecule has 2 saturated carbocycles. The van der Waals surface area contributed by atoms with Crippen LogP contribution in [0.4, 0.5) is 0 Å². The lowest BCUT2D eigenvalue weighted by Crippen LogP contribution is -2.54. The van der Waals surface area contributed by atoms with Gasteiger partial charge in [0.2, 0.25) is 0 Å². The molecule has 0 aromatic heterocycles. The molecule has 2 nitrogen and oxygen atoms in total. The second kappa shape index (κ2) is 5.27. The highest BCUT2D eigenvalue weighted by Crippen LogP contribution is 2.32. The molecule has 0 radical (unpaired) electrons. The Morgan fingerprint density at radius 1 is 1.06 bits per heavy atom. The van der Waals surface area contributed by atoms with Crippen LogP contribution in [0.5, 0.6) is 0 Å². The monoisotopic (exact) mass is 236 g/mol. The minimum Gasteiger partial charge on any atom is -0.312 e. The quantitative estimate of drug-likeness (QED) is 0.787. The molecule has 2 N–H and O–H groups in total. The van der Waals surface area contributed by atoms with E-state index < -0.39 is 0 Å². The van der Waals surface area contributed by atoms with Crippen LogP contribution in [0.25, 0.3) is 0 Å². The van der Waals surface area contributed by atoms with E-state index in [-0.39, 0.29) is 0 Å². The average Bonchev–Trinajstić information content (AvgIpc) is 2.33. The summed E-state index contributed by atoms with van der Waals surface area (Å²) in [5.41, 5.74) is 0. The topological polar surface area (TPSA) is 24.1 Å². The minimum atomic E-state index is 0.755. The summed E-state index contributed by atoms with van der Waals surface area (Å²) >= 11 is 0. The van der Waals surface area contributed by atoms with E-state index in [9.17, 15) is 0 Å². The number of nitrogens with one attached hydrogen (secondary N) is 2. The van der Waals surface area contributed by atoms with Gasteiger partial charge in [-0.05, 0) is 50.4 Å². The fraction of sp³-hybridized carbons (Fsp3) is 1.00. The molecular weight excluding hydrogens is 208 g/mol. The van der Waals surface area contributed by atoms with E-state index in [0.717, 1.165) is 30.0 Å². The van der Waals surface area contributed by atoms with Crippen molar-refractivity contribution in [3.8, 4) is 0 Å². The first-order valence-electron chi connectivity index (χ1n) is 7.80. The van der Waals surface area contributed by atoms with Crippen LogP contribution in [0.3, 0.4) is 0 Å². The zero-order valence-corrected chi connectivity index (χ0v) is 11.3. The van der Waals surface area contributed by atoms with Crippen molar-refractivity contribution in [3.63, 3.8) is 0 Å². The molecule has 3 atom stereocenters. The fourth-order valence-electron chi connectivity index (χ4n) is 4.11. The zero-order valence-electron chi connectivity index (χ0n) is 11.3. The highest BCUT2D eigenvalue weighted by atomic mass is 15.0. The average molecular weight is 236 g/mol. The van der Waals surface area contributed by atoms with Crippen LogP contribution < -0.4 is 10.6 Å². The minimum absolute atomic E-state index is 0.755. The number of piperidine rings is 1. The van der Waals surface area contributed by atoms with E-state index in [1.807, 2.05) is 0 Å². The Hall–Kier alpha value is -0.0800. The van der Waals surface area contributed by atoms with Gasteiger partial charge in [0.15, 0.2) is 0 Å². The maximum absolute atomic E-state index is 3.91. The third kappa shape index (κ3) is 2.85. The number of hydrogen-bond donors (Lipinski definition) is 2. The summed E-state index contributed by atoms with van der Waals surface area (Å²) in [5.74, 6) is 1.97. The molecule has 3 unspecified atom stereocenters. The largest absolute Gasteiger partial charge is 0.312 e. The van der Waals surface area contributed by atoms with Gasteiger partial charge in [-0.3, -0.25) is 0 Å². The SMILES string of the molecule is CC1CC(NCC2CCC3CCCCC3N2)C1. The third-order valence-corrected chi connectivity index (χ3v) is 5.27. The first-order chi connectivity index (χ1) is 8.31. The van der Waals surface area contributed by atoms with Gasteiger partial charge in [0.25, 0.3) is 0 Å². The maximum Gasteiger partial charge on any atom is 0.0195 e. The molecule has 0 spiro atoms. The van der Waals surface area contributed by atoms with Gasteiger partial charge in [0, 0.05) is 24.7 Å². The highest BCUT2D eigenvalue weighted by Gasteiger charge is 2.32. The molecular formula is C15H28N2. The Labute approximate surface area is 106 Å². The number of fused-ring (bicyclic) bond motifs is 1. The Morgan fingerprint density at radius 3 is 2.71 bits per heavy atom. The van der Waals surface area contributed by atoms with Gasteiger partial charge in [-0.15, -0.1) is 0 Å². The first kappa shape index (κ1) is 12.0. The Morgan fingerprint density at radius 2 is 1.88 bits per heavy atom. The van der Waals surface area contributed by atoms with Crippen molar-refractivity contribution in [3.05, 3.63) is 0 Å². The van der Waals surface area contributed by atoms with Gasteiger partial charge in [0.1, 0.15) is 0 Å². The summed E-state index contributed by atoms with van der Waals surface area (Å²) in [4.78, 5) is 0. The Balaban J connectivity index is 1.40. The lowest BCUT2D eigenvalue weighted by atomic mass is 9.77. The van der Waals surface area contributed by atoms with Gasteiger partial charge < -0.3 is 10.6 Å². The predicted molar refractivity (Wildman–Crippen MR) is 72.1 cm³/mol. The van der Waals surface area contributed by atoms with Crippen molar-refractivity contribution in [2.24, 2.45) is 11.8 Å². The predicted octanol–water partition coefficient (Wildman–Crippen LogP) is 2.69. The summed E-state index contributed by atoms with van der Waals surface area (Å²) in [6.45, 7) is 3.57. The van der Waals surface area contributed by atoms with Gasteiger partial charge in [-0.1, -0.05) is 19.8 Å². The Bertz CT molecular complexity index is 247. The van der Waals surface area contributed by atoms with Crippen molar-refractivity contribution >= 4 is 0 Å². The molecule has 98 valence electrons. The van der Waals surface area contributed by atoms with Gasteiger partial charge in [-0.2, -0.15) is 0 Å². The molecule has 17 heavy (non-hydrogen) atoms. The summed E-state index contributed by atoms with van der Waals surface area (Å²) in [6.07, 6.45) is 11.5. The van der Waals surface area contributed by atoms with Crippen LogP contribution in [-0.2, 0) is 0 Å². The second-order valence-electron chi connectivity index (χ2n) is 6.77. The third-order valence-electron chi connectivity index (χ3n) is 5.27. The Kier molecular flexibility index (Phi) is 3.72. The summed E-state index contributed by atoms with van der Waals surface area (Å²) in [6, 6.07) is 2.44. The van der Waals surface area contributed by atoms with Crippen molar-refractivity contribution in [1.29, 1.82) is 0 Å². The standard InChI is InChI=1S/C15H28N2/c1-11-8-14(9-11)16-10-13-7-6-12-4-2-3-5-15(12)17-13/h11-17H,2-10H2,1H3. The highest BCUT2D eigenvalue weighted by molar-refractivity contribution is 4.91. The van der Waals surface area contributed by atoms with E-state index >= 15 is 0 Å². The van der Waals surface area contributed by atoms with Crippen LogP contribution in [0.2, 0.25) is 0 Å². The molecule has 3 rings (SSSR count). The lowest BCUT2D eigenvalue weighted by Gasteiger charge is -2.42. The van der Waals surface area contributed by atoms with Crippen LogP contribution in [-0.4, -0.2) is 24.7 Å². The van der Waals surface area contributed by atoms with Crippen molar-refractivity contribution in [2.75, 3.05) is 6.54 Å². The smallest absolute Gasteiger partial charge is 0.0195 e. The van der Waals surface area contributed by atoms with E-state index in [1.165, 1.54) is 57.9 Å². The molecule has 0 bridgehead atoms. The van der Waals surface area contributed by atoms with Gasteiger partial charge >= 0.3 is 0 Å². The molecule has 2 aliphatic carbocycles. The molecule has 3 aliphatic rings. The van der Waals surface area contributed by atoms with Crippen LogP contribution in [0, 0.1) is 11.8 Å². The van der Waals surface area contributed by atoms with Crippen molar-refractivity contribution < 1.29 is 0 Å². The molecule has 0 amide bonds. The molecule has 2 heteroatoms. The second-order valence-corrected chi connectivity index (χ2v) is 6.77. The zero-order chi connectivity index (χ0) is 11.7. The van der Waals surface area contributed by atoms with Crippen LogP contribution in [0.15, 0.2) is 0 Å². The van der Waals surface area contributed by atoms with Crippen LogP contribution >= 0.6 is 0 Å². The molecule has 0 aromatic carbocycles. The van der Waals surface area contributed by atoms with E-state index in [0.29, 0.717) is 0 Å². The molecule has 1 heterocycles. The van der Waals surface area contributed by atoms with Crippen LogP contribution in [0.1, 0.15) is 58.3 Å². The normalized spacial score (nSPS) is 46.1. The van der Waals surface area contributed by atoms with Gasteiger partial charge in [0.05, 0.1) is 0 Å². The van der Waals surface area contributed by atoms with E-state index in [4.69, 9.17) is 0 Å². The van der Waals surface area contributed by atoms with Crippen molar-refractivity contribution in [2.45, 2.75) is 76.4 Å². The van der Waals surface area contributed by atoms with Gasteiger partial charge in [-0.25, -0.2) is 0 Å². The summed E-state index contributed by atoms with van der Waals surface area (Å²) < 4.78 is 0.